The molecule has 6 nitrogen and oxygen atoms in total. The Kier molecular flexibility index (Phi) is 4.08. The lowest BCUT2D eigenvalue weighted by molar-refractivity contribution is -0.384. The molecule has 1 aromatic carbocycles. The fourth-order valence-corrected chi connectivity index (χ4v) is 2.09. The van der Waals surface area contributed by atoms with Crippen LogP contribution in [0, 0.1) is 34.2 Å². The Morgan fingerprint density at radius 2 is 2.24 bits per heavy atom. The molecule has 1 saturated carbocycles. The molecule has 0 saturated heterocycles. The third-order valence-electron chi connectivity index (χ3n) is 3.29. The Bertz CT molecular complexity index is 635. The van der Waals surface area contributed by atoms with Crippen molar-refractivity contribution in [2.24, 2.45) is 5.92 Å². The van der Waals surface area contributed by atoms with E-state index >= 15 is 0 Å². The third-order valence-corrected chi connectivity index (χ3v) is 3.29. The maximum Gasteiger partial charge on any atom is 0.338 e. The molecule has 0 bridgehead atoms. The highest BCUT2D eigenvalue weighted by atomic mass is 19.1. The molecule has 21 heavy (non-hydrogen) atoms. The number of nitrogens with zero attached hydrogens (tertiary/aromatic N) is 2. The number of carboxylic acid groups (broad SMARTS) is 1. The predicted molar refractivity (Wildman–Crippen MR) is 73.8 cm³/mol. The molecule has 0 heterocycles. The van der Waals surface area contributed by atoms with Crippen molar-refractivity contribution in [3.63, 3.8) is 0 Å². The van der Waals surface area contributed by atoms with Gasteiger partial charge in [-0.2, -0.15) is 0 Å². The summed E-state index contributed by atoms with van der Waals surface area (Å²) in [7, 11) is 0. The summed E-state index contributed by atoms with van der Waals surface area (Å²) in [4.78, 5) is 22.8. The minimum atomic E-state index is -1.55. The molecule has 1 aliphatic carbocycles. The highest BCUT2D eigenvalue weighted by Crippen LogP contribution is 2.36. The first kappa shape index (κ1) is 14.8. The van der Waals surface area contributed by atoms with Gasteiger partial charge < -0.3 is 10.0 Å². The average molecular weight is 292 g/mol. The third kappa shape index (κ3) is 3.28. The van der Waals surface area contributed by atoms with Crippen LogP contribution in [-0.4, -0.2) is 29.1 Å². The van der Waals surface area contributed by atoms with E-state index in [1.807, 2.05) is 0 Å². The zero-order valence-corrected chi connectivity index (χ0v) is 11.1. The van der Waals surface area contributed by atoms with E-state index in [1.165, 1.54) is 0 Å². The van der Waals surface area contributed by atoms with E-state index in [9.17, 15) is 19.3 Å². The lowest BCUT2D eigenvalue weighted by atomic mass is 10.1. The molecular formula is C14H13FN2O4. The van der Waals surface area contributed by atoms with Crippen molar-refractivity contribution in [3.8, 4) is 12.3 Å². The van der Waals surface area contributed by atoms with Crippen molar-refractivity contribution < 1.29 is 19.2 Å². The van der Waals surface area contributed by atoms with Crippen LogP contribution in [0.25, 0.3) is 0 Å². The number of hydrogen-bond donors (Lipinski definition) is 1. The van der Waals surface area contributed by atoms with E-state index in [1.54, 1.807) is 4.90 Å². The zero-order chi connectivity index (χ0) is 15.6. The second-order valence-electron chi connectivity index (χ2n) is 4.91. The van der Waals surface area contributed by atoms with Gasteiger partial charge in [-0.25, -0.2) is 9.18 Å². The number of benzene rings is 1. The summed E-state index contributed by atoms with van der Waals surface area (Å²) in [5.74, 6) is 0.215. The van der Waals surface area contributed by atoms with Gasteiger partial charge >= 0.3 is 5.97 Å². The SMILES string of the molecule is C#CCN(CC1CC1)c1cc(F)c(C(=O)O)cc1[N+](=O)[O-]. The molecule has 1 N–H and O–H groups in total. The predicted octanol–water partition coefficient (Wildman–Crippen LogP) is 2.28. The first-order chi connectivity index (χ1) is 9.93. The van der Waals surface area contributed by atoms with E-state index < -0.39 is 28.0 Å². The molecule has 0 aromatic heterocycles. The number of nitro benzene ring substituents is 1. The smallest absolute Gasteiger partial charge is 0.338 e. The monoisotopic (exact) mass is 292 g/mol. The number of aromatic carboxylic acids is 1. The highest BCUT2D eigenvalue weighted by molar-refractivity contribution is 5.90. The van der Waals surface area contributed by atoms with E-state index in [0.717, 1.165) is 25.0 Å². The zero-order valence-electron chi connectivity index (χ0n) is 11.1. The van der Waals surface area contributed by atoms with E-state index in [4.69, 9.17) is 11.5 Å². The Morgan fingerprint density at radius 1 is 1.57 bits per heavy atom. The van der Waals surface area contributed by atoms with Gasteiger partial charge in [0.25, 0.3) is 5.69 Å². The van der Waals surface area contributed by atoms with Crippen molar-refractivity contribution in [2.75, 3.05) is 18.0 Å². The molecule has 2 rings (SSSR count). The number of halogens is 1. The largest absolute Gasteiger partial charge is 0.478 e. The highest BCUT2D eigenvalue weighted by Gasteiger charge is 2.29. The summed E-state index contributed by atoms with van der Waals surface area (Å²) in [6, 6.07) is 1.62. The van der Waals surface area contributed by atoms with Crippen LogP contribution in [0.4, 0.5) is 15.8 Å². The van der Waals surface area contributed by atoms with Crippen molar-refractivity contribution in [2.45, 2.75) is 12.8 Å². The molecule has 1 aliphatic rings. The van der Waals surface area contributed by atoms with Gasteiger partial charge in [0.2, 0.25) is 0 Å². The molecular weight excluding hydrogens is 279 g/mol. The van der Waals surface area contributed by atoms with E-state index in [2.05, 4.69) is 5.92 Å². The molecule has 1 fully saturated rings. The van der Waals surface area contributed by atoms with Crippen LogP contribution in [0.3, 0.4) is 0 Å². The van der Waals surface area contributed by atoms with Gasteiger partial charge in [-0.1, -0.05) is 5.92 Å². The molecule has 0 unspecified atom stereocenters. The fraction of sp³-hybridized carbons (Fsp3) is 0.357. The lowest BCUT2D eigenvalue weighted by Crippen LogP contribution is -2.27. The quantitative estimate of drug-likeness (QED) is 0.494. The number of terminal acetylenes is 1. The second kappa shape index (κ2) is 5.79. The molecule has 0 radical (unpaired) electrons. The number of carboxylic acids is 1. The Labute approximate surface area is 120 Å². The van der Waals surface area contributed by atoms with Crippen molar-refractivity contribution in [1.29, 1.82) is 0 Å². The van der Waals surface area contributed by atoms with Crippen LogP contribution in [-0.2, 0) is 0 Å². The van der Waals surface area contributed by atoms with Crippen LogP contribution in [0.15, 0.2) is 12.1 Å². The van der Waals surface area contributed by atoms with Crippen LogP contribution < -0.4 is 4.90 Å². The average Bonchev–Trinajstić information content (AvgIpc) is 3.21. The van der Waals surface area contributed by atoms with Gasteiger partial charge in [-0.05, 0) is 18.8 Å². The summed E-state index contributed by atoms with van der Waals surface area (Å²) < 4.78 is 13.8. The number of anilines is 1. The number of nitro groups is 1. The number of carbonyl (C=O) groups is 1. The standard InChI is InChI=1S/C14H13FN2O4/c1-2-5-16(8-9-3-4-9)12-7-11(15)10(14(18)19)6-13(12)17(20)21/h1,6-7,9H,3-5,8H2,(H,18,19). The second-order valence-corrected chi connectivity index (χ2v) is 4.91. The minimum Gasteiger partial charge on any atom is -0.478 e. The Balaban J connectivity index is 2.48. The van der Waals surface area contributed by atoms with Gasteiger partial charge in [0.1, 0.15) is 17.1 Å². The number of rotatable bonds is 6. The lowest BCUT2D eigenvalue weighted by Gasteiger charge is -2.22. The minimum absolute atomic E-state index is 0.0207. The van der Waals surface area contributed by atoms with Gasteiger partial charge in [0.05, 0.1) is 11.5 Å². The molecule has 0 spiro atoms. The summed E-state index contributed by atoms with van der Waals surface area (Å²) in [5.41, 5.74) is -1.16. The summed E-state index contributed by atoms with van der Waals surface area (Å²) in [6.45, 7) is 0.597. The molecule has 1 aromatic rings. The van der Waals surface area contributed by atoms with Gasteiger partial charge in [0.15, 0.2) is 0 Å². The summed E-state index contributed by atoms with van der Waals surface area (Å²) >= 11 is 0. The molecule has 0 aliphatic heterocycles. The van der Waals surface area contributed by atoms with Crippen LogP contribution in [0.1, 0.15) is 23.2 Å². The van der Waals surface area contributed by atoms with Crippen molar-refractivity contribution in [3.05, 3.63) is 33.6 Å². The molecule has 0 amide bonds. The fourth-order valence-electron chi connectivity index (χ4n) is 2.09. The van der Waals surface area contributed by atoms with Crippen molar-refractivity contribution >= 4 is 17.3 Å². The van der Waals surface area contributed by atoms with Gasteiger partial charge in [-0.15, -0.1) is 6.42 Å². The van der Waals surface area contributed by atoms with Crippen LogP contribution >= 0.6 is 0 Å². The summed E-state index contributed by atoms with van der Waals surface area (Å²) in [5, 5.41) is 20.0. The topological polar surface area (TPSA) is 83.7 Å². The summed E-state index contributed by atoms with van der Waals surface area (Å²) in [6.07, 6.45) is 7.26. The van der Waals surface area contributed by atoms with Crippen LogP contribution in [0.2, 0.25) is 0 Å². The first-order valence-corrected chi connectivity index (χ1v) is 6.33. The maximum atomic E-state index is 13.8. The van der Waals surface area contributed by atoms with Crippen LogP contribution in [0.5, 0.6) is 0 Å². The Morgan fingerprint density at radius 3 is 2.71 bits per heavy atom. The molecule has 110 valence electrons. The number of hydrogen-bond acceptors (Lipinski definition) is 4. The van der Waals surface area contributed by atoms with Gasteiger partial charge in [0, 0.05) is 18.7 Å². The molecule has 0 atom stereocenters. The maximum absolute atomic E-state index is 13.8. The normalized spacial score (nSPS) is 13.5. The first-order valence-electron chi connectivity index (χ1n) is 6.33. The van der Waals surface area contributed by atoms with Crippen molar-refractivity contribution in [1.82, 2.24) is 0 Å². The Hall–Kier alpha value is -2.62. The van der Waals surface area contributed by atoms with Gasteiger partial charge in [-0.3, -0.25) is 10.1 Å². The molecule has 7 heteroatoms. The van der Waals surface area contributed by atoms with E-state index in [-0.39, 0.29) is 12.2 Å². The van der Waals surface area contributed by atoms with E-state index in [0.29, 0.717) is 12.5 Å².